The molecule has 0 saturated carbocycles. The van der Waals surface area contributed by atoms with Gasteiger partial charge in [0.15, 0.2) is 0 Å². The van der Waals surface area contributed by atoms with Crippen molar-refractivity contribution in [3.63, 3.8) is 0 Å². The van der Waals surface area contributed by atoms with E-state index in [2.05, 4.69) is 42.0 Å². The number of hydrogen-bond donors (Lipinski definition) is 1. The number of hydrogen-bond acceptors (Lipinski definition) is 2. The lowest BCUT2D eigenvalue weighted by Gasteiger charge is -2.18. The standard InChI is InChI=1S/C13H20BrNO/c1-13(2,3)10-15-7-8-16-12-6-4-5-11(14)9-12/h4-6,9,15H,7-8,10H2,1-3H3. The molecule has 1 N–H and O–H groups in total. The monoisotopic (exact) mass is 285 g/mol. The van der Waals surface area contributed by atoms with Crippen LogP contribution in [0.5, 0.6) is 5.75 Å². The van der Waals surface area contributed by atoms with Crippen molar-refractivity contribution in [2.45, 2.75) is 20.8 Å². The number of ether oxygens (including phenoxy) is 1. The van der Waals surface area contributed by atoms with Gasteiger partial charge in [0.2, 0.25) is 0 Å². The summed E-state index contributed by atoms with van der Waals surface area (Å²) in [5.41, 5.74) is 0.329. The van der Waals surface area contributed by atoms with Crippen molar-refractivity contribution in [2.75, 3.05) is 19.7 Å². The first-order valence-electron chi connectivity index (χ1n) is 5.56. The molecule has 0 spiro atoms. The summed E-state index contributed by atoms with van der Waals surface area (Å²) in [6.45, 7) is 9.24. The van der Waals surface area contributed by atoms with Gasteiger partial charge in [0.25, 0.3) is 0 Å². The summed E-state index contributed by atoms with van der Waals surface area (Å²) in [6.07, 6.45) is 0. The van der Waals surface area contributed by atoms with Crippen LogP contribution in [0, 0.1) is 5.41 Å². The van der Waals surface area contributed by atoms with Crippen LogP contribution in [0.25, 0.3) is 0 Å². The Morgan fingerprint density at radius 2 is 2.06 bits per heavy atom. The van der Waals surface area contributed by atoms with Gasteiger partial charge >= 0.3 is 0 Å². The first kappa shape index (κ1) is 13.5. The fourth-order valence-electron chi connectivity index (χ4n) is 1.26. The molecule has 0 bridgehead atoms. The SMILES string of the molecule is CC(C)(C)CNCCOc1cccc(Br)c1. The molecule has 0 heterocycles. The lowest BCUT2D eigenvalue weighted by molar-refractivity contribution is 0.297. The van der Waals surface area contributed by atoms with Crippen molar-refractivity contribution in [3.05, 3.63) is 28.7 Å². The Hall–Kier alpha value is -0.540. The van der Waals surface area contributed by atoms with Crippen LogP contribution in [0.1, 0.15) is 20.8 Å². The summed E-state index contributed by atoms with van der Waals surface area (Å²) in [6, 6.07) is 7.91. The van der Waals surface area contributed by atoms with Gasteiger partial charge in [-0.15, -0.1) is 0 Å². The molecule has 1 aromatic rings. The van der Waals surface area contributed by atoms with Gasteiger partial charge in [0.1, 0.15) is 12.4 Å². The average Bonchev–Trinajstić information content (AvgIpc) is 2.15. The molecule has 0 aliphatic carbocycles. The summed E-state index contributed by atoms with van der Waals surface area (Å²) in [5, 5.41) is 3.37. The second kappa shape index (κ2) is 6.26. The minimum Gasteiger partial charge on any atom is -0.492 e. The molecular weight excluding hydrogens is 266 g/mol. The molecule has 0 saturated heterocycles. The van der Waals surface area contributed by atoms with Crippen LogP contribution in [0.15, 0.2) is 28.7 Å². The van der Waals surface area contributed by atoms with Gasteiger partial charge < -0.3 is 10.1 Å². The van der Waals surface area contributed by atoms with Crippen molar-refractivity contribution in [1.29, 1.82) is 0 Å². The van der Waals surface area contributed by atoms with E-state index < -0.39 is 0 Å². The topological polar surface area (TPSA) is 21.3 Å². The molecule has 90 valence electrons. The van der Waals surface area contributed by atoms with E-state index in [1.807, 2.05) is 24.3 Å². The fourth-order valence-corrected chi connectivity index (χ4v) is 1.64. The lowest BCUT2D eigenvalue weighted by Crippen LogP contribution is -2.30. The Kier molecular flexibility index (Phi) is 5.29. The molecule has 0 fully saturated rings. The third-order valence-electron chi connectivity index (χ3n) is 2.00. The molecule has 3 heteroatoms. The van der Waals surface area contributed by atoms with Gasteiger partial charge in [-0.2, -0.15) is 0 Å². The van der Waals surface area contributed by atoms with E-state index in [-0.39, 0.29) is 0 Å². The van der Waals surface area contributed by atoms with E-state index in [9.17, 15) is 0 Å². The maximum Gasteiger partial charge on any atom is 0.120 e. The first-order chi connectivity index (χ1) is 7.47. The van der Waals surface area contributed by atoms with Gasteiger partial charge in [-0.05, 0) is 23.6 Å². The van der Waals surface area contributed by atoms with E-state index in [1.165, 1.54) is 0 Å². The zero-order valence-corrected chi connectivity index (χ0v) is 11.8. The summed E-state index contributed by atoms with van der Waals surface area (Å²) in [7, 11) is 0. The minimum atomic E-state index is 0.329. The molecule has 0 aromatic heterocycles. The summed E-state index contributed by atoms with van der Waals surface area (Å²) < 4.78 is 6.66. The largest absolute Gasteiger partial charge is 0.492 e. The molecule has 1 aromatic carbocycles. The smallest absolute Gasteiger partial charge is 0.120 e. The van der Waals surface area contributed by atoms with Crippen molar-refractivity contribution in [1.82, 2.24) is 5.32 Å². The van der Waals surface area contributed by atoms with Crippen LogP contribution in [-0.2, 0) is 0 Å². The predicted molar refractivity (Wildman–Crippen MR) is 72.0 cm³/mol. The highest BCUT2D eigenvalue weighted by molar-refractivity contribution is 9.10. The van der Waals surface area contributed by atoms with Crippen molar-refractivity contribution in [2.24, 2.45) is 5.41 Å². The zero-order chi connectivity index (χ0) is 12.0. The first-order valence-corrected chi connectivity index (χ1v) is 6.36. The number of rotatable bonds is 5. The molecule has 0 aliphatic heterocycles. The Bertz CT molecular complexity index is 320. The fraction of sp³-hybridized carbons (Fsp3) is 0.538. The summed E-state index contributed by atoms with van der Waals surface area (Å²) in [5.74, 6) is 0.909. The van der Waals surface area contributed by atoms with Crippen LogP contribution in [0.4, 0.5) is 0 Å². The molecule has 0 amide bonds. The maximum atomic E-state index is 5.61. The van der Waals surface area contributed by atoms with E-state index in [4.69, 9.17) is 4.74 Å². The van der Waals surface area contributed by atoms with Crippen molar-refractivity contribution >= 4 is 15.9 Å². The molecule has 2 nitrogen and oxygen atoms in total. The minimum absolute atomic E-state index is 0.329. The predicted octanol–water partition coefficient (Wildman–Crippen LogP) is 3.46. The van der Waals surface area contributed by atoms with Gasteiger partial charge in [-0.25, -0.2) is 0 Å². The molecule has 0 radical (unpaired) electrons. The molecule has 16 heavy (non-hydrogen) atoms. The zero-order valence-electron chi connectivity index (χ0n) is 10.2. The van der Waals surface area contributed by atoms with E-state index in [0.29, 0.717) is 12.0 Å². The van der Waals surface area contributed by atoms with Gasteiger partial charge in [0, 0.05) is 17.6 Å². The van der Waals surface area contributed by atoms with E-state index in [1.54, 1.807) is 0 Å². The van der Waals surface area contributed by atoms with Crippen LogP contribution in [0.2, 0.25) is 0 Å². The van der Waals surface area contributed by atoms with Crippen molar-refractivity contribution < 1.29 is 4.74 Å². The lowest BCUT2D eigenvalue weighted by atomic mass is 9.97. The second-order valence-electron chi connectivity index (χ2n) is 5.04. The maximum absolute atomic E-state index is 5.61. The van der Waals surface area contributed by atoms with Crippen LogP contribution >= 0.6 is 15.9 Å². The second-order valence-corrected chi connectivity index (χ2v) is 5.96. The normalized spacial score (nSPS) is 11.5. The molecule has 1 rings (SSSR count). The Morgan fingerprint density at radius 3 is 2.69 bits per heavy atom. The van der Waals surface area contributed by atoms with Crippen LogP contribution in [-0.4, -0.2) is 19.7 Å². The molecule has 0 aliphatic rings. The number of halogens is 1. The quantitative estimate of drug-likeness (QED) is 0.837. The average molecular weight is 286 g/mol. The summed E-state index contributed by atoms with van der Waals surface area (Å²) >= 11 is 3.42. The van der Waals surface area contributed by atoms with Gasteiger partial charge in [-0.1, -0.05) is 42.8 Å². The Balaban J connectivity index is 2.17. The van der Waals surface area contributed by atoms with Crippen LogP contribution < -0.4 is 10.1 Å². The van der Waals surface area contributed by atoms with E-state index >= 15 is 0 Å². The van der Waals surface area contributed by atoms with Gasteiger partial charge in [-0.3, -0.25) is 0 Å². The number of benzene rings is 1. The summed E-state index contributed by atoms with van der Waals surface area (Å²) in [4.78, 5) is 0. The Morgan fingerprint density at radius 1 is 1.31 bits per heavy atom. The molecule has 0 unspecified atom stereocenters. The third kappa shape index (κ3) is 6.13. The number of nitrogens with one attached hydrogen (secondary N) is 1. The van der Waals surface area contributed by atoms with Crippen molar-refractivity contribution in [3.8, 4) is 5.75 Å². The highest BCUT2D eigenvalue weighted by Gasteiger charge is 2.08. The molecule has 0 atom stereocenters. The van der Waals surface area contributed by atoms with Gasteiger partial charge in [0.05, 0.1) is 0 Å². The highest BCUT2D eigenvalue weighted by atomic mass is 79.9. The Labute approximate surface area is 107 Å². The highest BCUT2D eigenvalue weighted by Crippen LogP contribution is 2.17. The van der Waals surface area contributed by atoms with E-state index in [0.717, 1.165) is 23.3 Å². The molecular formula is C13H20BrNO. The van der Waals surface area contributed by atoms with Crippen LogP contribution in [0.3, 0.4) is 0 Å². The third-order valence-corrected chi connectivity index (χ3v) is 2.49.